The van der Waals surface area contributed by atoms with Crippen LogP contribution >= 0.6 is 43.2 Å². The van der Waals surface area contributed by atoms with E-state index in [1.54, 1.807) is 11.3 Å². The van der Waals surface area contributed by atoms with Crippen molar-refractivity contribution in [1.82, 2.24) is 5.01 Å². The predicted octanol–water partition coefficient (Wildman–Crippen LogP) is 6.79. The summed E-state index contributed by atoms with van der Waals surface area (Å²) in [4.78, 5) is 1.09. The van der Waals surface area contributed by atoms with Crippen molar-refractivity contribution >= 4 is 48.9 Å². The van der Waals surface area contributed by atoms with Crippen molar-refractivity contribution in [3.05, 3.63) is 84.4 Å². The third-order valence-electron chi connectivity index (χ3n) is 4.84. The Kier molecular flexibility index (Phi) is 4.52. The first-order valence-corrected chi connectivity index (χ1v) is 11.0. The third-order valence-corrected chi connectivity index (χ3v) is 6.81. The summed E-state index contributed by atoms with van der Waals surface area (Å²) in [5, 5.41) is 8.67. The van der Waals surface area contributed by atoms with Gasteiger partial charge < -0.3 is 4.74 Å². The number of hydrogen-bond donors (Lipinski definition) is 0. The van der Waals surface area contributed by atoms with E-state index in [0.717, 1.165) is 31.2 Å². The minimum absolute atomic E-state index is 0.0623. The molecule has 0 spiro atoms. The van der Waals surface area contributed by atoms with E-state index in [1.165, 1.54) is 12.1 Å². The Hall–Kier alpha value is -1.77. The van der Waals surface area contributed by atoms with Crippen molar-refractivity contribution in [3.8, 4) is 5.75 Å². The van der Waals surface area contributed by atoms with Crippen molar-refractivity contribution in [2.45, 2.75) is 18.7 Å². The van der Waals surface area contributed by atoms with Crippen LogP contribution in [-0.4, -0.2) is 10.7 Å². The van der Waals surface area contributed by atoms with Gasteiger partial charge in [-0.1, -0.05) is 28.1 Å². The van der Waals surface area contributed by atoms with Crippen LogP contribution in [0.5, 0.6) is 5.75 Å². The fraction of sp³-hybridized carbons (Fsp3) is 0.150. The van der Waals surface area contributed by atoms with Gasteiger partial charge in [-0.25, -0.2) is 13.8 Å². The van der Waals surface area contributed by atoms with E-state index in [1.807, 2.05) is 34.7 Å². The van der Waals surface area contributed by atoms with Gasteiger partial charge in [0.1, 0.15) is 5.75 Å². The van der Waals surface area contributed by atoms with Gasteiger partial charge in [-0.3, -0.25) is 0 Å². The molecule has 0 N–H and O–H groups in total. The molecular weight excluding hydrogens is 514 g/mol. The molecule has 3 heterocycles. The van der Waals surface area contributed by atoms with Crippen molar-refractivity contribution in [2.75, 3.05) is 0 Å². The normalized spacial score (nSPS) is 20.4. The highest BCUT2D eigenvalue weighted by Crippen LogP contribution is 2.51. The summed E-state index contributed by atoms with van der Waals surface area (Å²) < 4.78 is 35.3. The van der Waals surface area contributed by atoms with Gasteiger partial charge in [0, 0.05) is 22.0 Å². The van der Waals surface area contributed by atoms with E-state index >= 15 is 0 Å². The van der Waals surface area contributed by atoms with Crippen LogP contribution in [0.25, 0.3) is 0 Å². The molecule has 0 fully saturated rings. The zero-order valence-corrected chi connectivity index (χ0v) is 18.2. The van der Waals surface area contributed by atoms with Crippen LogP contribution in [0.15, 0.2) is 61.9 Å². The maximum Gasteiger partial charge on any atom is 0.214 e. The third kappa shape index (κ3) is 2.98. The Morgan fingerprint density at radius 1 is 1.11 bits per heavy atom. The van der Waals surface area contributed by atoms with Crippen molar-refractivity contribution in [1.29, 1.82) is 0 Å². The molecule has 3 aromatic rings. The van der Waals surface area contributed by atoms with Gasteiger partial charge >= 0.3 is 0 Å². The molecule has 3 nitrogen and oxygen atoms in total. The number of halogens is 4. The summed E-state index contributed by atoms with van der Waals surface area (Å²) in [6.45, 7) is 0. The van der Waals surface area contributed by atoms with Crippen molar-refractivity contribution in [3.63, 3.8) is 0 Å². The zero-order valence-electron chi connectivity index (χ0n) is 14.2. The van der Waals surface area contributed by atoms with Gasteiger partial charge in [-0.05, 0) is 51.6 Å². The van der Waals surface area contributed by atoms with Gasteiger partial charge in [-0.15, -0.1) is 11.3 Å². The summed E-state index contributed by atoms with van der Waals surface area (Å²) >= 11 is 8.73. The minimum Gasteiger partial charge on any atom is -0.463 e. The fourth-order valence-corrected chi connectivity index (χ4v) is 5.66. The number of hydrazone groups is 1. The minimum atomic E-state index is -0.903. The van der Waals surface area contributed by atoms with E-state index in [9.17, 15) is 8.78 Å². The van der Waals surface area contributed by atoms with Gasteiger partial charge in [0.15, 0.2) is 11.6 Å². The quantitative estimate of drug-likeness (QED) is 0.368. The van der Waals surface area contributed by atoms with Gasteiger partial charge in [0.05, 0.1) is 21.1 Å². The molecular formula is C20H12Br2F2N2OS. The average Bonchev–Trinajstić information content (AvgIpc) is 3.33. The second-order valence-electron chi connectivity index (χ2n) is 6.57. The largest absolute Gasteiger partial charge is 0.463 e. The molecule has 2 aliphatic heterocycles. The Morgan fingerprint density at radius 2 is 1.96 bits per heavy atom. The molecule has 2 aromatic carbocycles. The predicted molar refractivity (Wildman–Crippen MR) is 112 cm³/mol. The lowest BCUT2D eigenvalue weighted by Crippen LogP contribution is -2.34. The molecule has 0 radical (unpaired) electrons. The lowest BCUT2D eigenvalue weighted by molar-refractivity contribution is -0.0199. The van der Waals surface area contributed by atoms with E-state index in [2.05, 4.69) is 31.9 Å². The van der Waals surface area contributed by atoms with Gasteiger partial charge in [0.25, 0.3) is 0 Å². The molecule has 0 saturated heterocycles. The number of benzene rings is 2. The Labute approximate surface area is 180 Å². The van der Waals surface area contributed by atoms with Crippen molar-refractivity contribution < 1.29 is 13.5 Å². The zero-order chi connectivity index (χ0) is 19.4. The topological polar surface area (TPSA) is 24.8 Å². The monoisotopic (exact) mass is 524 g/mol. The van der Waals surface area contributed by atoms with Gasteiger partial charge in [0.2, 0.25) is 6.23 Å². The summed E-state index contributed by atoms with van der Waals surface area (Å²) in [5.74, 6) is -1.09. The molecule has 8 heteroatoms. The highest BCUT2D eigenvalue weighted by Gasteiger charge is 2.42. The number of hydrogen-bond acceptors (Lipinski definition) is 4. The smallest absolute Gasteiger partial charge is 0.214 e. The molecule has 142 valence electrons. The number of ether oxygens (including phenoxy) is 1. The number of fused-ring (bicyclic) bond motifs is 3. The van der Waals surface area contributed by atoms with E-state index in [0.29, 0.717) is 17.7 Å². The van der Waals surface area contributed by atoms with Gasteiger partial charge in [-0.2, -0.15) is 5.10 Å². The summed E-state index contributed by atoms with van der Waals surface area (Å²) in [5.41, 5.74) is 2.47. The molecule has 2 atom stereocenters. The summed E-state index contributed by atoms with van der Waals surface area (Å²) in [7, 11) is 0. The SMILES string of the molecule is Fc1ccc([C@@H]2Oc3c(Br)cc(Br)cc3[C@H]3CC(c4cccs4)=NN32)cc1F. The molecule has 0 unspecified atom stereocenters. The number of thiophene rings is 1. The van der Waals surface area contributed by atoms with Crippen LogP contribution in [0.2, 0.25) is 0 Å². The lowest BCUT2D eigenvalue weighted by atomic mass is 9.97. The fourth-order valence-electron chi connectivity index (χ4n) is 3.59. The number of nitrogens with zero attached hydrogens (tertiary/aromatic N) is 2. The molecule has 1 aromatic heterocycles. The van der Waals surface area contributed by atoms with Crippen LogP contribution in [0.3, 0.4) is 0 Å². The first-order valence-electron chi connectivity index (χ1n) is 8.51. The van der Waals surface area contributed by atoms with Crippen LogP contribution < -0.4 is 4.74 Å². The maximum atomic E-state index is 13.9. The van der Waals surface area contributed by atoms with Crippen LogP contribution in [-0.2, 0) is 0 Å². The highest BCUT2D eigenvalue weighted by atomic mass is 79.9. The Balaban J connectivity index is 1.65. The molecule has 2 aliphatic rings. The standard InChI is InChI=1S/C20H12Br2F2N2OS/c21-11-7-12-17-9-16(18-2-1-5-28-18)25-26(17)20(27-19(12)13(22)8-11)10-3-4-14(23)15(24)6-10/h1-8,17,20H,9H2/t17-,20+/m1/s1. The second-order valence-corrected chi connectivity index (χ2v) is 9.29. The van der Waals surface area contributed by atoms with Crippen LogP contribution in [0.4, 0.5) is 8.78 Å². The molecule has 28 heavy (non-hydrogen) atoms. The second kappa shape index (κ2) is 6.93. The molecule has 0 amide bonds. The van der Waals surface area contributed by atoms with Crippen molar-refractivity contribution in [2.24, 2.45) is 5.10 Å². The van der Waals surface area contributed by atoms with E-state index < -0.39 is 17.9 Å². The molecule has 0 bridgehead atoms. The molecule has 0 saturated carbocycles. The summed E-state index contributed by atoms with van der Waals surface area (Å²) in [6.07, 6.45) is 0.0578. The van der Waals surface area contributed by atoms with E-state index in [-0.39, 0.29) is 6.04 Å². The Bertz CT molecular complexity index is 1100. The molecule has 5 rings (SSSR count). The van der Waals surface area contributed by atoms with Crippen LogP contribution in [0, 0.1) is 11.6 Å². The summed E-state index contributed by atoms with van der Waals surface area (Å²) in [6, 6.07) is 11.7. The average molecular weight is 526 g/mol. The molecule has 0 aliphatic carbocycles. The maximum absolute atomic E-state index is 13.9. The van der Waals surface area contributed by atoms with Crippen LogP contribution in [0.1, 0.15) is 34.7 Å². The number of rotatable bonds is 2. The highest BCUT2D eigenvalue weighted by molar-refractivity contribution is 9.11. The first-order chi connectivity index (χ1) is 13.5. The lowest BCUT2D eigenvalue weighted by Gasteiger charge is -2.38. The van der Waals surface area contributed by atoms with E-state index in [4.69, 9.17) is 9.84 Å². The Morgan fingerprint density at radius 3 is 2.71 bits per heavy atom. The first kappa shape index (κ1) is 18.3.